The second-order valence-electron chi connectivity index (χ2n) is 15.3. The van der Waals surface area contributed by atoms with Gasteiger partial charge in [-0.2, -0.15) is 15.2 Å². The molecule has 1 amide bonds. The van der Waals surface area contributed by atoms with Crippen molar-refractivity contribution in [3.8, 4) is 23.3 Å². The van der Waals surface area contributed by atoms with Crippen LogP contribution in [0.5, 0.6) is 6.01 Å². The maximum absolute atomic E-state index is 16.9. The molecule has 8 rings (SSSR count). The number of rotatable bonds is 10. The molecule has 5 atom stereocenters. The van der Waals surface area contributed by atoms with Gasteiger partial charge in [-0.3, -0.25) is 19.6 Å². The number of halogens is 3. The van der Waals surface area contributed by atoms with E-state index in [1.54, 1.807) is 42.3 Å². The Bertz CT molecular complexity index is 2010. The van der Waals surface area contributed by atoms with Gasteiger partial charge in [0.15, 0.2) is 5.82 Å². The summed E-state index contributed by atoms with van der Waals surface area (Å²) in [6.07, 6.45) is 8.58. The highest BCUT2D eigenvalue weighted by atomic mass is 35.5. The number of carbonyl (C=O) groups is 1. The molecule has 2 aromatic heterocycles. The molecule has 284 valence electrons. The molecule has 7 heterocycles. The molecule has 0 radical (unpaired) electrons. The lowest BCUT2D eigenvalue weighted by atomic mass is 9.95. The second-order valence-corrected chi connectivity index (χ2v) is 15.7. The summed E-state index contributed by atoms with van der Waals surface area (Å²) >= 11 is 6.55. The topological polar surface area (TPSA) is 111 Å². The molecule has 14 heteroatoms. The van der Waals surface area contributed by atoms with Crippen molar-refractivity contribution in [2.45, 2.75) is 75.3 Å². The third kappa shape index (κ3) is 6.82. The van der Waals surface area contributed by atoms with Gasteiger partial charge >= 0.3 is 6.01 Å². The zero-order valence-electron chi connectivity index (χ0n) is 30.5. The Labute approximate surface area is 319 Å². The number of nitrogens with zero attached hydrogens (tertiary/aromatic N) is 8. The van der Waals surface area contributed by atoms with E-state index in [9.17, 15) is 14.4 Å². The van der Waals surface area contributed by atoms with Crippen LogP contribution in [0, 0.1) is 17.1 Å². The number of nitriles is 1. The van der Waals surface area contributed by atoms with Gasteiger partial charge in [-0.05, 0) is 50.8 Å². The summed E-state index contributed by atoms with van der Waals surface area (Å²) < 4.78 is 43.5. The van der Waals surface area contributed by atoms with Crippen LogP contribution in [0.2, 0.25) is 5.02 Å². The fourth-order valence-electron chi connectivity index (χ4n) is 9.32. The second kappa shape index (κ2) is 15.1. The van der Waals surface area contributed by atoms with E-state index in [-0.39, 0.29) is 42.7 Å². The smallest absolute Gasteiger partial charge is 0.319 e. The molecule has 2 unspecified atom stereocenters. The van der Waals surface area contributed by atoms with E-state index in [1.807, 2.05) is 11.0 Å². The normalized spacial score (nSPS) is 27.2. The minimum Gasteiger partial charge on any atom is -0.461 e. The number of anilines is 1. The Kier molecular flexibility index (Phi) is 10.3. The fraction of sp³-hybridized carbons (Fsp3) is 0.525. The summed E-state index contributed by atoms with van der Waals surface area (Å²) in [6.45, 7) is 10.3. The lowest BCUT2D eigenvalue weighted by molar-refractivity contribution is -0.128. The Hall–Kier alpha value is -4.22. The summed E-state index contributed by atoms with van der Waals surface area (Å²) in [5.74, 6) is -0.428. The van der Waals surface area contributed by atoms with Gasteiger partial charge in [0, 0.05) is 79.7 Å². The average Bonchev–Trinajstić information content (AvgIpc) is 3.75. The number of pyridine rings is 1. The number of morpholine rings is 1. The van der Waals surface area contributed by atoms with Gasteiger partial charge in [0.2, 0.25) is 5.91 Å². The molecule has 0 saturated carbocycles. The molecule has 5 fully saturated rings. The zero-order valence-corrected chi connectivity index (χ0v) is 31.3. The van der Waals surface area contributed by atoms with E-state index >= 15 is 4.39 Å². The SMILES string of the molecule is C=C(C)c1c(Cl)cccc1-c1ncc2c(N3CCN(C(=O)/C=C/CN4C5CCC4COC5)[C@@H](CC#N)C3)nc(OC[C@@]34CCCN3C[C@H](F)C4)nc2c1F. The summed E-state index contributed by atoms with van der Waals surface area (Å²) in [5.41, 5.74) is 1.34. The molecule has 0 spiro atoms. The van der Waals surface area contributed by atoms with E-state index in [1.165, 1.54) is 0 Å². The van der Waals surface area contributed by atoms with Crippen molar-refractivity contribution in [1.29, 1.82) is 5.26 Å². The third-order valence-corrected chi connectivity index (χ3v) is 12.2. The molecule has 0 aliphatic carbocycles. The highest BCUT2D eigenvalue weighted by Crippen LogP contribution is 2.41. The molecule has 0 N–H and O–H groups in total. The monoisotopic (exact) mass is 758 g/mol. The third-order valence-electron chi connectivity index (χ3n) is 11.9. The van der Waals surface area contributed by atoms with Crippen LogP contribution in [0.4, 0.5) is 14.6 Å². The molecule has 2 bridgehead atoms. The average molecular weight is 759 g/mol. The predicted octanol–water partition coefficient (Wildman–Crippen LogP) is 5.82. The Balaban J connectivity index is 1.10. The molecule has 54 heavy (non-hydrogen) atoms. The van der Waals surface area contributed by atoms with Crippen LogP contribution >= 0.6 is 11.6 Å². The Morgan fingerprint density at radius 2 is 2.02 bits per heavy atom. The Morgan fingerprint density at radius 3 is 2.80 bits per heavy atom. The predicted molar refractivity (Wildman–Crippen MR) is 202 cm³/mol. The standard InChI is InChI=1S/C40H45ClF2N8O3/c1-25(2)34-30(6-3-7-32(34)41)36-35(43)37-31(19-45-36)38(47-39(46-37)54-24-40-12-5-14-49(40)20-26(42)18-40)48-16-17-51(27(21-48)11-13-44)33(52)8-4-15-50-28-9-10-29(50)23-53-22-28/h3-4,6-8,19,26-29H,1,5,9-12,14-18,20-24H2,2H3/b8-4+/t26-,27+,28?,29?,40+/m1/s1. The van der Waals surface area contributed by atoms with Crippen LogP contribution in [0.15, 0.2) is 43.1 Å². The van der Waals surface area contributed by atoms with Gasteiger partial charge in [0.25, 0.3) is 0 Å². The highest BCUT2D eigenvalue weighted by Gasteiger charge is 2.49. The van der Waals surface area contributed by atoms with Crippen LogP contribution in [0.3, 0.4) is 0 Å². The summed E-state index contributed by atoms with van der Waals surface area (Å²) in [4.78, 5) is 35.8. The zero-order chi connectivity index (χ0) is 37.6. The van der Waals surface area contributed by atoms with Crippen molar-refractivity contribution in [2.75, 3.05) is 64.0 Å². The van der Waals surface area contributed by atoms with Crippen LogP contribution in [0.1, 0.15) is 51.0 Å². The number of hydrogen-bond donors (Lipinski definition) is 0. The highest BCUT2D eigenvalue weighted by molar-refractivity contribution is 6.32. The van der Waals surface area contributed by atoms with Crippen molar-refractivity contribution in [2.24, 2.45) is 0 Å². The van der Waals surface area contributed by atoms with E-state index in [0.29, 0.717) is 77.6 Å². The first-order chi connectivity index (χ1) is 26.2. The molecule has 3 aromatic rings. The van der Waals surface area contributed by atoms with Crippen molar-refractivity contribution in [3.63, 3.8) is 0 Å². The van der Waals surface area contributed by atoms with Gasteiger partial charge in [-0.1, -0.05) is 36.4 Å². The number of alkyl halides is 1. The van der Waals surface area contributed by atoms with Gasteiger partial charge in [-0.25, -0.2) is 8.78 Å². The number of piperazine rings is 1. The number of aromatic nitrogens is 3. The van der Waals surface area contributed by atoms with Crippen molar-refractivity contribution < 1.29 is 23.0 Å². The summed E-state index contributed by atoms with van der Waals surface area (Å²) in [7, 11) is 0. The van der Waals surface area contributed by atoms with E-state index in [0.717, 1.165) is 45.4 Å². The molecule has 1 aromatic carbocycles. The fourth-order valence-corrected chi connectivity index (χ4v) is 9.65. The van der Waals surface area contributed by atoms with E-state index < -0.39 is 23.6 Å². The number of amides is 1. The van der Waals surface area contributed by atoms with Gasteiger partial charge in [0.1, 0.15) is 29.8 Å². The number of benzene rings is 1. The first-order valence-electron chi connectivity index (χ1n) is 18.9. The summed E-state index contributed by atoms with van der Waals surface area (Å²) in [6, 6.07) is 7.76. The molecular weight excluding hydrogens is 714 g/mol. The molecule has 5 aliphatic rings. The van der Waals surface area contributed by atoms with Crippen LogP contribution in [-0.4, -0.2) is 124 Å². The van der Waals surface area contributed by atoms with Crippen molar-refractivity contribution in [3.05, 3.63) is 59.5 Å². The van der Waals surface area contributed by atoms with Crippen LogP contribution in [0.25, 0.3) is 27.7 Å². The Morgan fingerprint density at radius 1 is 1.20 bits per heavy atom. The molecule has 11 nitrogen and oxygen atoms in total. The van der Waals surface area contributed by atoms with Gasteiger partial charge < -0.3 is 19.3 Å². The maximum Gasteiger partial charge on any atom is 0.319 e. The maximum atomic E-state index is 16.9. The lowest BCUT2D eigenvalue weighted by Crippen LogP contribution is -2.55. The first-order valence-corrected chi connectivity index (χ1v) is 19.3. The van der Waals surface area contributed by atoms with Gasteiger partial charge in [-0.15, -0.1) is 0 Å². The first kappa shape index (κ1) is 36.7. The minimum atomic E-state index is -0.936. The number of carbonyl (C=O) groups excluding carboxylic acids is 1. The number of hydrogen-bond acceptors (Lipinski definition) is 10. The quantitative estimate of drug-likeness (QED) is 0.235. The van der Waals surface area contributed by atoms with Crippen LogP contribution in [-0.2, 0) is 9.53 Å². The number of fused-ring (bicyclic) bond motifs is 4. The molecule has 5 saturated heterocycles. The van der Waals surface area contributed by atoms with Gasteiger partial charge in [0.05, 0.1) is 42.7 Å². The van der Waals surface area contributed by atoms with Crippen molar-refractivity contribution in [1.82, 2.24) is 29.7 Å². The lowest BCUT2D eigenvalue weighted by Gasteiger charge is -2.41. The van der Waals surface area contributed by atoms with E-state index in [4.69, 9.17) is 26.1 Å². The minimum absolute atomic E-state index is 0.0126. The molecular formula is C40H45ClF2N8O3. The van der Waals surface area contributed by atoms with E-state index in [2.05, 4.69) is 32.4 Å². The number of allylic oxidation sites excluding steroid dienone is 1. The summed E-state index contributed by atoms with van der Waals surface area (Å²) in [5, 5.41) is 10.6. The van der Waals surface area contributed by atoms with Crippen LogP contribution < -0.4 is 9.64 Å². The molecule has 5 aliphatic heterocycles. The van der Waals surface area contributed by atoms with Crippen molar-refractivity contribution >= 4 is 39.8 Å². The number of ether oxygens (including phenoxy) is 2. The largest absolute Gasteiger partial charge is 0.461 e.